The molecule has 1 aromatic rings. The number of anilines is 1. The normalized spacial score (nSPS) is 10.4. The fourth-order valence-corrected chi connectivity index (χ4v) is 1.51. The second-order valence-electron chi connectivity index (χ2n) is 4.19. The lowest BCUT2D eigenvalue weighted by molar-refractivity contribution is 0.148. The molecule has 102 valence electrons. The van der Waals surface area contributed by atoms with E-state index in [4.69, 9.17) is 9.47 Å². The Kier molecular flexibility index (Phi) is 7.22. The van der Waals surface area contributed by atoms with Crippen LogP contribution >= 0.6 is 0 Å². The van der Waals surface area contributed by atoms with Crippen LogP contribution in [-0.2, 0) is 4.74 Å². The lowest BCUT2D eigenvalue weighted by Crippen LogP contribution is -2.25. The summed E-state index contributed by atoms with van der Waals surface area (Å²) < 4.78 is 10.9. The molecular formula is C14H24N2O2. The Morgan fingerprint density at radius 3 is 2.67 bits per heavy atom. The van der Waals surface area contributed by atoms with Crippen LogP contribution in [0.4, 0.5) is 5.69 Å². The van der Waals surface area contributed by atoms with Crippen molar-refractivity contribution >= 4 is 5.69 Å². The van der Waals surface area contributed by atoms with E-state index in [-0.39, 0.29) is 0 Å². The second-order valence-corrected chi connectivity index (χ2v) is 4.19. The molecular weight excluding hydrogens is 228 g/mol. The highest BCUT2D eigenvalue weighted by atomic mass is 16.5. The van der Waals surface area contributed by atoms with E-state index in [9.17, 15) is 0 Å². The van der Waals surface area contributed by atoms with Gasteiger partial charge in [0.05, 0.1) is 6.61 Å². The van der Waals surface area contributed by atoms with E-state index < -0.39 is 0 Å². The Labute approximate surface area is 110 Å². The number of hydrogen-bond acceptors (Lipinski definition) is 4. The van der Waals surface area contributed by atoms with Crippen molar-refractivity contribution in [3.05, 3.63) is 24.3 Å². The predicted octanol–water partition coefficient (Wildman–Crippen LogP) is 1.76. The van der Waals surface area contributed by atoms with E-state index in [1.165, 1.54) is 0 Å². The number of ether oxygens (including phenoxy) is 2. The molecule has 0 unspecified atom stereocenters. The van der Waals surface area contributed by atoms with Crippen molar-refractivity contribution < 1.29 is 9.47 Å². The molecule has 0 saturated heterocycles. The zero-order valence-corrected chi connectivity index (χ0v) is 11.6. The minimum Gasteiger partial charge on any atom is -0.492 e. The summed E-state index contributed by atoms with van der Waals surface area (Å²) in [6, 6.07) is 8.09. The average Bonchev–Trinajstić information content (AvgIpc) is 2.38. The summed E-state index contributed by atoms with van der Waals surface area (Å²) in [5, 5.41) is 3.27. The third-order valence-corrected chi connectivity index (χ3v) is 2.51. The summed E-state index contributed by atoms with van der Waals surface area (Å²) in [6.45, 7) is 5.90. The lowest BCUT2D eigenvalue weighted by atomic mass is 10.3. The van der Waals surface area contributed by atoms with Gasteiger partial charge in [-0.2, -0.15) is 0 Å². The third kappa shape index (κ3) is 5.89. The van der Waals surface area contributed by atoms with Crippen LogP contribution < -0.4 is 15.0 Å². The van der Waals surface area contributed by atoms with Crippen molar-refractivity contribution in [2.75, 3.05) is 51.9 Å². The van der Waals surface area contributed by atoms with E-state index in [1.807, 2.05) is 39.2 Å². The first-order valence-electron chi connectivity index (χ1n) is 6.42. The van der Waals surface area contributed by atoms with Gasteiger partial charge in [-0.1, -0.05) is 6.07 Å². The van der Waals surface area contributed by atoms with Gasteiger partial charge in [-0.15, -0.1) is 0 Å². The van der Waals surface area contributed by atoms with E-state index in [2.05, 4.69) is 16.3 Å². The van der Waals surface area contributed by atoms with Crippen LogP contribution in [0.1, 0.15) is 6.92 Å². The fraction of sp³-hybridized carbons (Fsp3) is 0.571. The van der Waals surface area contributed by atoms with Crippen molar-refractivity contribution in [1.29, 1.82) is 0 Å². The predicted molar refractivity (Wildman–Crippen MR) is 75.6 cm³/mol. The Hall–Kier alpha value is -1.26. The molecule has 0 bridgehead atoms. The molecule has 0 amide bonds. The van der Waals surface area contributed by atoms with Crippen molar-refractivity contribution in [3.8, 4) is 5.75 Å². The van der Waals surface area contributed by atoms with E-state index in [0.717, 1.165) is 37.7 Å². The molecule has 0 aliphatic heterocycles. The fourth-order valence-electron chi connectivity index (χ4n) is 1.51. The van der Waals surface area contributed by atoms with Crippen LogP contribution in [0.5, 0.6) is 5.75 Å². The van der Waals surface area contributed by atoms with Crippen molar-refractivity contribution in [2.45, 2.75) is 6.92 Å². The van der Waals surface area contributed by atoms with Crippen LogP contribution in [0.3, 0.4) is 0 Å². The van der Waals surface area contributed by atoms with Crippen LogP contribution in [0.25, 0.3) is 0 Å². The van der Waals surface area contributed by atoms with Gasteiger partial charge in [-0.25, -0.2) is 0 Å². The van der Waals surface area contributed by atoms with Gasteiger partial charge >= 0.3 is 0 Å². The summed E-state index contributed by atoms with van der Waals surface area (Å²) in [4.78, 5) is 2.06. The van der Waals surface area contributed by atoms with Crippen LogP contribution in [0.15, 0.2) is 24.3 Å². The Bertz CT molecular complexity index is 329. The molecule has 4 heteroatoms. The van der Waals surface area contributed by atoms with Gasteiger partial charge in [0.15, 0.2) is 0 Å². The lowest BCUT2D eigenvalue weighted by Gasteiger charge is -2.14. The maximum Gasteiger partial charge on any atom is 0.121 e. The first-order chi connectivity index (χ1) is 8.74. The summed E-state index contributed by atoms with van der Waals surface area (Å²) in [5.74, 6) is 0.910. The van der Waals surface area contributed by atoms with E-state index in [0.29, 0.717) is 6.61 Å². The van der Waals surface area contributed by atoms with Gasteiger partial charge in [0, 0.05) is 45.5 Å². The van der Waals surface area contributed by atoms with Crippen molar-refractivity contribution in [1.82, 2.24) is 5.32 Å². The highest BCUT2D eigenvalue weighted by Gasteiger charge is 1.98. The highest BCUT2D eigenvalue weighted by molar-refractivity contribution is 5.49. The van der Waals surface area contributed by atoms with Crippen LogP contribution in [0, 0.1) is 0 Å². The van der Waals surface area contributed by atoms with E-state index in [1.54, 1.807) is 0 Å². The summed E-state index contributed by atoms with van der Waals surface area (Å²) in [5.41, 5.74) is 1.15. The van der Waals surface area contributed by atoms with Crippen LogP contribution in [0.2, 0.25) is 0 Å². The minimum absolute atomic E-state index is 0.670. The van der Waals surface area contributed by atoms with Gasteiger partial charge in [-0.05, 0) is 19.1 Å². The van der Waals surface area contributed by atoms with Crippen molar-refractivity contribution in [2.24, 2.45) is 0 Å². The molecule has 0 radical (unpaired) electrons. The molecule has 1 N–H and O–H groups in total. The third-order valence-electron chi connectivity index (χ3n) is 2.51. The number of benzene rings is 1. The SMILES string of the molecule is CCOCCNCCOc1cccc(N(C)C)c1. The molecule has 0 aromatic heterocycles. The first-order valence-corrected chi connectivity index (χ1v) is 6.42. The summed E-state index contributed by atoms with van der Waals surface area (Å²) in [7, 11) is 4.04. The number of nitrogens with one attached hydrogen (secondary N) is 1. The molecule has 0 fully saturated rings. The van der Waals surface area contributed by atoms with Gasteiger partial charge in [0.25, 0.3) is 0 Å². The Morgan fingerprint density at radius 2 is 1.94 bits per heavy atom. The standard InChI is InChI=1S/C14H24N2O2/c1-4-17-10-8-15-9-11-18-14-7-5-6-13(12-14)16(2)3/h5-7,12,15H,4,8-11H2,1-3H3. The summed E-state index contributed by atoms with van der Waals surface area (Å²) >= 11 is 0. The highest BCUT2D eigenvalue weighted by Crippen LogP contribution is 2.18. The summed E-state index contributed by atoms with van der Waals surface area (Å²) in [6.07, 6.45) is 0. The number of hydrogen-bond donors (Lipinski definition) is 1. The second kappa shape index (κ2) is 8.78. The van der Waals surface area contributed by atoms with Gasteiger partial charge < -0.3 is 19.7 Å². The zero-order valence-electron chi connectivity index (χ0n) is 11.6. The average molecular weight is 252 g/mol. The smallest absolute Gasteiger partial charge is 0.121 e. The maximum atomic E-state index is 5.67. The van der Waals surface area contributed by atoms with Crippen LogP contribution in [-0.4, -0.2) is 47.0 Å². The van der Waals surface area contributed by atoms with Gasteiger partial charge in [0.2, 0.25) is 0 Å². The largest absolute Gasteiger partial charge is 0.492 e. The van der Waals surface area contributed by atoms with E-state index >= 15 is 0 Å². The molecule has 0 aliphatic rings. The molecule has 0 heterocycles. The first kappa shape index (κ1) is 14.8. The maximum absolute atomic E-state index is 5.67. The molecule has 4 nitrogen and oxygen atoms in total. The molecule has 0 atom stereocenters. The Morgan fingerprint density at radius 1 is 1.17 bits per heavy atom. The molecule has 1 aromatic carbocycles. The molecule has 18 heavy (non-hydrogen) atoms. The van der Waals surface area contributed by atoms with Gasteiger partial charge in [0.1, 0.15) is 12.4 Å². The quantitative estimate of drug-likeness (QED) is 0.679. The Balaban J connectivity index is 2.17. The molecule has 1 rings (SSSR count). The van der Waals surface area contributed by atoms with Gasteiger partial charge in [-0.3, -0.25) is 0 Å². The minimum atomic E-state index is 0.670. The number of rotatable bonds is 9. The number of nitrogens with zero attached hydrogens (tertiary/aromatic N) is 1. The molecule has 0 spiro atoms. The molecule has 0 aliphatic carbocycles. The molecule has 0 saturated carbocycles. The zero-order chi connectivity index (χ0) is 13.2. The monoisotopic (exact) mass is 252 g/mol. The van der Waals surface area contributed by atoms with Crippen molar-refractivity contribution in [3.63, 3.8) is 0 Å². The topological polar surface area (TPSA) is 33.7 Å².